The van der Waals surface area contributed by atoms with Gasteiger partial charge in [0.2, 0.25) is 0 Å². The number of nitrogens with one attached hydrogen (secondary N) is 1. The summed E-state index contributed by atoms with van der Waals surface area (Å²) in [6.45, 7) is 0.00553. The average molecular weight is 234 g/mol. The van der Waals surface area contributed by atoms with Gasteiger partial charge in [0.15, 0.2) is 0 Å². The molecule has 0 spiro atoms. The molecule has 1 amide bonds. The van der Waals surface area contributed by atoms with E-state index in [0.717, 1.165) is 25.7 Å². The summed E-state index contributed by atoms with van der Waals surface area (Å²) >= 11 is 0. The molecule has 1 aliphatic rings. The van der Waals surface area contributed by atoms with Crippen LogP contribution in [0.2, 0.25) is 0 Å². The van der Waals surface area contributed by atoms with Crippen molar-refractivity contribution in [2.45, 2.75) is 37.6 Å². The normalized spacial score (nSPS) is 18.6. The van der Waals surface area contributed by atoms with Gasteiger partial charge in [0.25, 0.3) is 5.91 Å². The Morgan fingerprint density at radius 2 is 2.12 bits per heavy atom. The van der Waals surface area contributed by atoms with Crippen molar-refractivity contribution in [2.75, 3.05) is 6.61 Å². The molecule has 0 aromatic carbocycles. The monoisotopic (exact) mass is 234 g/mol. The van der Waals surface area contributed by atoms with Crippen molar-refractivity contribution in [2.24, 2.45) is 0 Å². The summed E-state index contributed by atoms with van der Waals surface area (Å²) in [4.78, 5) is 16.0. The van der Waals surface area contributed by atoms with Gasteiger partial charge < -0.3 is 10.4 Å². The highest BCUT2D eigenvalue weighted by Crippen LogP contribution is 2.27. The first-order valence-electron chi connectivity index (χ1n) is 6.10. The Bertz CT molecular complexity index is 372. The molecular weight excluding hydrogens is 216 g/mol. The predicted molar refractivity (Wildman–Crippen MR) is 64.6 cm³/mol. The number of aromatic nitrogens is 1. The molecular formula is C13H18N2O2. The average Bonchev–Trinajstić information content (AvgIpc) is 2.41. The van der Waals surface area contributed by atoms with Crippen molar-refractivity contribution in [3.63, 3.8) is 0 Å². The van der Waals surface area contributed by atoms with Gasteiger partial charge >= 0.3 is 0 Å². The van der Waals surface area contributed by atoms with Gasteiger partial charge in [0.1, 0.15) is 5.69 Å². The Hall–Kier alpha value is -1.42. The first-order valence-corrected chi connectivity index (χ1v) is 6.10. The molecule has 0 bridgehead atoms. The minimum absolute atomic E-state index is 0.00553. The molecule has 17 heavy (non-hydrogen) atoms. The number of carbonyl (C=O) groups is 1. The van der Waals surface area contributed by atoms with Crippen molar-refractivity contribution in [3.05, 3.63) is 30.1 Å². The molecule has 92 valence electrons. The van der Waals surface area contributed by atoms with Gasteiger partial charge in [-0.2, -0.15) is 0 Å². The number of hydrogen-bond acceptors (Lipinski definition) is 3. The zero-order valence-corrected chi connectivity index (χ0v) is 9.85. The van der Waals surface area contributed by atoms with E-state index in [0.29, 0.717) is 5.69 Å². The Balaban J connectivity index is 2.06. The Kier molecular flexibility index (Phi) is 3.74. The second kappa shape index (κ2) is 5.27. The third-order valence-electron chi connectivity index (χ3n) is 3.39. The van der Waals surface area contributed by atoms with Crippen LogP contribution in [0.3, 0.4) is 0 Å². The predicted octanol–water partition coefficient (Wildman–Crippen LogP) is 1.51. The van der Waals surface area contributed by atoms with Crippen LogP contribution in [0.1, 0.15) is 42.6 Å². The van der Waals surface area contributed by atoms with E-state index in [-0.39, 0.29) is 12.5 Å². The lowest BCUT2D eigenvalue weighted by atomic mass is 9.82. The van der Waals surface area contributed by atoms with Gasteiger partial charge in [-0.25, -0.2) is 0 Å². The van der Waals surface area contributed by atoms with E-state index in [9.17, 15) is 9.90 Å². The summed E-state index contributed by atoms with van der Waals surface area (Å²) in [5.41, 5.74) is -0.0294. The number of carbonyl (C=O) groups excluding carboxylic acids is 1. The van der Waals surface area contributed by atoms with E-state index in [1.807, 2.05) is 0 Å². The molecule has 2 N–H and O–H groups in total. The fourth-order valence-corrected chi connectivity index (χ4v) is 2.35. The minimum atomic E-state index is -0.438. The summed E-state index contributed by atoms with van der Waals surface area (Å²) in [7, 11) is 0. The number of aliphatic hydroxyl groups is 1. The van der Waals surface area contributed by atoms with Crippen LogP contribution in [0.25, 0.3) is 0 Å². The molecule has 0 saturated heterocycles. The minimum Gasteiger partial charge on any atom is -0.394 e. The molecule has 4 heteroatoms. The molecule has 1 aromatic heterocycles. The molecule has 0 aliphatic heterocycles. The van der Waals surface area contributed by atoms with Crippen molar-refractivity contribution >= 4 is 5.91 Å². The van der Waals surface area contributed by atoms with E-state index >= 15 is 0 Å². The van der Waals surface area contributed by atoms with Gasteiger partial charge in [0.05, 0.1) is 12.1 Å². The van der Waals surface area contributed by atoms with Crippen LogP contribution in [0.15, 0.2) is 24.4 Å². The lowest BCUT2D eigenvalue weighted by Gasteiger charge is -2.36. The number of rotatable bonds is 3. The first-order chi connectivity index (χ1) is 8.26. The molecule has 1 aliphatic carbocycles. The van der Waals surface area contributed by atoms with Gasteiger partial charge in [-0.1, -0.05) is 25.3 Å². The fourth-order valence-electron chi connectivity index (χ4n) is 2.35. The number of aliphatic hydroxyl groups excluding tert-OH is 1. The molecule has 0 unspecified atom stereocenters. The number of amides is 1. The molecule has 4 nitrogen and oxygen atoms in total. The van der Waals surface area contributed by atoms with E-state index in [2.05, 4.69) is 10.3 Å². The summed E-state index contributed by atoms with van der Waals surface area (Å²) in [5, 5.41) is 12.4. The van der Waals surface area contributed by atoms with Crippen LogP contribution in [-0.4, -0.2) is 28.1 Å². The summed E-state index contributed by atoms with van der Waals surface area (Å²) in [6, 6.07) is 5.25. The Morgan fingerprint density at radius 1 is 1.35 bits per heavy atom. The van der Waals surface area contributed by atoms with Gasteiger partial charge in [-0.15, -0.1) is 0 Å². The van der Waals surface area contributed by atoms with Crippen LogP contribution in [0.5, 0.6) is 0 Å². The zero-order valence-electron chi connectivity index (χ0n) is 9.85. The maximum Gasteiger partial charge on any atom is 0.270 e. The van der Waals surface area contributed by atoms with E-state index in [1.165, 1.54) is 6.42 Å². The second-order valence-corrected chi connectivity index (χ2v) is 4.67. The van der Waals surface area contributed by atoms with Crippen molar-refractivity contribution in [1.82, 2.24) is 10.3 Å². The van der Waals surface area contributed by atoms with Crippen LogP contribution >= 0.6 is 0 Å². The van der Waals surface area contributed by atoms with E-state index < -0.39 is 5.54 Å². The molecule has 1 aromatic rings. The standard InChI is InChI=1S/C13H18N2O2/c16-10-13(7-3-1-4-8-13)15-12(17)11-6-2-5-9-14-11/h2,5-6,9,16H,1,3-4,7-8,10H2,(H,15,17). The smallest absolute Gasteiger partial charge is 0.270 e. The molecule has 2 rings (SSSR count). The van der Waals surface area contributed by atoms with Crippen molar-refractivity contribution in [3.8, 4) is 0 Å². The van der Waals surface area contributed by atoms with E-state index in [4.69, 9.17) is 0 Å². The third kappa shape index (κ3) is 2.82. The van der Waals surface area contributed by atoms with Gasteiger partial charge in [-0.05, 0) is 25.0 Å². The quantitative estimate of drug-likeness (QED) is 0.833. The lowest BCUT2D eigenvalue weighted by molar-refractivity contribution is 0.0754. The summed E-state index contributed by atoms with van der Waals surface area (Å²) in [6.07, 6.45) is 6.60. The Labute approximate surface area is 101 Å². The van der Waals surface area contributed by atoms with E-state index in [1.54, 1.807) is 24.4 Å². The lowest BCUT2D eigenvalue weighted by Crippen LogP contribution is -2.52. The van der Waals surface area contributed by atoms with Crippen LogP contribution in [0.4, 0.5) is 0 Å². The maximum absolute atomic E-state index is 12.0. The number of pyridine rings is 1. The molecule has 0 atom stereocenters. The topological polar surface area (TPSA) is 62.2 Å². The van der Waals surface area contributed by atoms with Gasteiger partial charge in [-0.3, -0.25) is 9.78 Å². The first kappa shape index (κ1) is 12.0. The highest BCUT2D eigenvalue weighted by Gasteiger charge is 2.33. The fraction of sp³-hybridized carbons (Fsp3) is 0.538. The van der Waals surface area contributed by atoms with Crippen LogP contribution in [0, 0.1) is 0 Å². The zero-order chi connectivity index (χ0) is 12.1. The third-order valence-corrected chi connectivity index (χ3v) is 3.39. The maximum atomic E-state index is 12.0. The summed E-state index contributed by atoms with van der Waals surface area (Å²) in [5.74, 6) is -0.193. The number of hydrogen-bond donors (Lipinski definition) is 2. The van der Waals surface area contributed by atoms with Gasteiger partial charge in [0, 0.05) is 6.20 Å². The SMILES string of the molecule is O=C(NC1(CO)CCCCC1)c1ccccn1. The highest BCUT2D eigenvalue weighted by atomic mass is 16.3. The molecule has 0 radical (unpaired) electrons. The second-order valence-electron chi connectivity index (χ2n) is 4.67. The largest absolute Gasteiger partial charge is 0.394 e. The molecule has 1 heterocycles. The van der Waals surface area contributed by atoms with Crippen molar-refractivity contribution < 1.29 is 9.90 Å². The molecule has 1 fully saturated rings. The highest BCUT2D eigenvalue weighted by molar-refractivity contribution is 5.92. The Morgan fingerprint density at radius 3 is 2.71 bits per heavy atom. The van der Waals surface area contributed by atoms with Crippen LogP contribution < -0.4 is 5.32 Å². The van der Waals surface area contributed by atoms with Crippen molar-refractivity contribution in [1.29, 1.82) is 0 Å². The molecule has 1 saturated carbocycles. The van der Waals surface area contributed by atoms with Crippen LogP contribution in [-0.2, 0) is 0 Å². The summed E-state index contributed by atoms with van der Waals surface area (Å²) < 4.78 is 0. The number of nitrogens with zero attached hydrogens (tertiary/aromatic N) is 1.